The summed E-state index contributed by atoms with van der Waals surface area (Å²) in [5.41, 5.74) is 2.36. The first-order chi connectivity index (χ1) is 12.5. The van der Waals surface area contributed by atoms with Crippen molar-refractivity contribution in [2.24, 2.45) is 0 Å². The van der Waals surface area contributed by atoms with Crippen molar-refractivity contribution in [3.05, 3.63) is 41.5 Å². The number of ether oxygens (including phenoxy) is 1. The van der Waals surface area contributed by atoms with Gasteiger partial charge in [0.25, 0.3) is 0 Å². The Hall–Kier alpha value is -2.63. The number of esters is 1. The molecule has 0 aliphatic heterocycles. The van der Waals surface area contributed by atoms with Crippen molar-refractivity contribution in [1.82, 2.24) is 4.90 Å². The average Bonchev–Trinajstić information content (AvgIpc) is 2.65. The van der Waals surface area contributed by atoms with Gasteiger partial charge >= 0.3 is 5.97 Å². The molecule has 1 N–H and O–H groups in total. The van der Waals surface area contributed by atoms with Crippen LogP contribution in [0.2, 0.25) is 0 Å². The van der Waals surface area contributed by atoms with Gasteiger partial charge in [0.1, 0.15) is 0 Å². The first-order valence-corrected chi connectivity index (χ1v) is 8.91. The van der Waals surface area contributed by atoms with Gasteiger partial charge in [-0.1, -0.05) is 11.6 Å². The maximum absolute atomic E-state index is 12.2. The van der Waals surface area contributed by atoms with Gasteiger partial charge in [0.2, 0.25) is 11.8 Å². The molecule has 6 heteroatoms. The summed E-state index contributed by atoms with van der Waals surface area (Å²) in [6, 6.07) is 6.43. The zero-order valence-electron chi connectivity index (χ0n) is 15.4. The Balaban J connectivity index is 1.87. The molecule has 0 spiro atoms. The van der Waals surface area contributed by atoms with Gasteiger partial charge in [0, 0.05) is 19.2 Å². The quantitative estimate of drug-likeness (QED) is 0.600. The predicted molar refractivity (Wildman–Crippen MR) is 99.8 cm³/mol. The van der Waals surface area contributed by atoms with Crippen LogP contribution in [-0.2, 0) is 14.3 Å². The fourth-order valence-electron chi connectivity index (χ4n) is 2.94. The number of nitrogens with zero attached hydrogens (tertiary/aromatic N) is 1. The Kier molecular flexibility index (Phi) is 7.38. The first-order valence-electron chi connectivity index (χ1n) is 8.91. The molecule has 0 radical (unpaired) electrons. The van der Waals surface area contributed by atoms with Gasteiger partial charge in [0.15, 0.2) is 0 Å². The minimum atomic E-state index is -0.428. The maximum atomic E-state index is 12.2. The number of hydrogen-bond donors (Lipinski definition) is 1. The predicted octanol–water partition coefficient (Wildman–Crippen LogP) is 3.15. The summed E-state index contributed by atoms with van der Waals surface area (Å²) >= 11 is 0. The average molecular weight is 358 g/mol. The number of anilines is 1. The summed E-state index contributed by atoms with van der Waals surface area (Å²) in [4.78, 5) is 37.0. The summed E-state index contributed by atoms with van der Waals surface area (Å²) in [6.45, 7) is 2.05. The second-order valence-electron chi connectivity index (χ2n) is 6.42. The SMILES string of the molecule is COC(=O)c1ccc(NC(=O)CN(CCC2=CCCCC2)C(C)=O)cc1. The molecule has 0 saturated heterocycles. The van der Waals surface area contributed by atoms with Crippen LogP contribution in [0.5, 0.6) is 0 Å². The molecule has 26 heavy (non-hydrogen) atoms. The number of allylic oxidation sites excluding steroid dienone is 1. The van der Waals surface area contributed by atoms with Crippen LogP contribution in [0.25, 0.3) is 0 Å². The molecule has 0 heterocycles. The molecular formula is C20H26N2O4. The van der Waals surface area contributed by atoms with Gasteiger partial charge in [-0.3, -0.25) is 9.59 Å². The number of amides is 2. The molecule has 0 atom stereocenters. The molecule has 1 aliphatic rings. The summed E-state index contributed by atoms with van der Waals surface area (Å²) in [5, 5.41) is 2.75. The summed E-state index contributed by atoms with van der Waals surface area (Å²) < 4.78 is 4.64. The number of benzene rings is 1. The minimum Gasteiger partial charge on any atom is -0.465 e. The molecule has 2 rings (SSSR count). The van der Waals surface area contributed by atoms with Gasteiger partial charge in [-0.15, -0.1) is 0 Å². The van der Waals surface area contributed by atoms with E-state index in [1.807, 2.05) is 0 Å². The van der Waals surface area contributed by atoms with Crippen LogP contribution >= 0.6 is 0 Å². The molecule has 140 valence electrons. The Morgan fingerprint density at radius 1 is 1.15 bits per heavy atom. The van der Waals surface area contributed by atoms with Crippen LogP contribution in [0.4, 0.5) is 5.69 Å². The number of nitrogens with one attached hydrogen (secondary N) is 1. The molecule has 2 amide bonds. The van der Waals surface area contributed by atoms with E-state index < -0.39 is 5.97 Å². The first kappa shape index (κ1) is 19.7. The normalized spacial score (nSPS) is 13.5. The standard InChI is InChI=1S/C20H26N2O4/c1-15(23)22(13-12-16-6-4-3-5-7-16)14-19(24)21-18-10-8-17(9-11-18)20(25)26-2/h6,8-11H,3-5,7,12-14H2,1-2H3,(H,21,24). The Morgan fingerprint density at radius 3 is 2.46 bits per heavy atom. The fraction of sp³-hybridized carbons (Fsp3) is 0.450. The lowest BCUT2D eigenvalue weighted by molar-refractivity contribution is -0.132. The van der Waals surface area contributed by atoms with E-state index >= 15 is 0 Å². The van der Waals surface area contributed by atoms with Crippen LogP contribution in [0, 0.1) is 0 Å². The number of hydrogen-bond acceptors (Lipinski definition) is 4. The van der Waals surface area contributed by atoms with Gasteiger partial charge in [-0.25, -0.2) is 4.79 Å². The van der Waals surface area contributed by atoms with E-state index in [2.05, 4.69) is 16.1 Å². The van der Waals surface area contributed by atoms with E-state index in [1.165, 1.54) is 32.4 Å². The maximum Gasteiger partial charge on any atom is 0.337 e. The van der Waals surface area contributed by atoms with E-state index in [4.69, 9.17) is 0 Å². The fourth-order valence-corrected chi connectivity index (χ4v) is 2.94. The Labute approximate surface area is 154 Å². The van der Waals surface area contributed by atoms with E-state index in [9.17, 15) is 14.4 Å². The van der Waals surface area contributed by atoms with Gasteiger partial charge in [-0.2, -0.15) is 0 Å². The second kappa shape index (κ2) is 9.75. The lowest BCUT2D eigenvalue weighted by Crippen LogP contribution is -2.37. The van der Waals surface area contributed by atoms with Crippen molar-refractivity contribution in [3.63, 3.8) is 0 Å². The molecule has 1 aromatic carbocycles. The highest BCUT2D eigenvalue weighted by molar-refractivity contribution is 5.95. The van der Waals surface area contributed by atoms with Crippen LogP contribution in [0.15, 0.2) is 35.9 Å². The van der Waals surface area contributed by atoms with E-state index in [0.29, 0.717) is 17.8 Å². The number of methoxy groups -OCH3 is 1. The van der Waals surface area contributed by atoms with Crippen molar-refractivity contribution >= 4 is 23.5 Å². The van der Waals surface area contributed by atoms with Gasteiger partial charge in [0.05, 0.1) is 19.2 Å². The molecule has 0 unspecified atom stereocenters. The van der Waals surface area contributed by atoms with Crippen molar-refractivity contribution in [3.8, 4) is 0 Å². The van der Waals surface area contributed by atoms with Gasteiger partial charge < -0.3 is 15.0 Å². The van der Waals surface area contributed by atoms with Crippen LogP contribution in [0.1, 0.15) is 49.4 Å². The van der Waals surface area contributed by atoms with E-state index in [-0.39, 0.29) is 18.4 Å². The van der Waals surface area contributed by atoms with Crippen molar-refractivity contribution in [2.45, 2.75) is 39.0 Å². The largest absolute Gasteiger partial charge is 0.465 e. The molecule has 0 fully saturated rings. The van der Waals surface area contributed by atoms with Crippen molar-refractivity contribution in [2.75, 3.05) is 25.5 Å². The molecule has 1 aromatic rings. The third kappa shape index (κ3) is 6.02. The van der Waals surface area contributed by atoms with E-state index in [0.717, 1.165) is 19.3 Å². The summed E-state index contributed by atoms with van der Waals surface area (Å²) in [6.07, 6.45) is 7.71. The minimum absolute atomic E-state index is 0.0152. The van der Waals surface area contributed by atoms with Crippen molar-refractivity contribution in [1.29, 1.82) is 0 Å². The van der Waals surface area contributed by atoms with Crippen LogP contribution < -0.4 is 5.32 Å². The number of rotatable bonds is 7. The number of carbonyl (C=O) groups excluding carboxylic acids is 3. The highest BCUT2D eigenvalue weighted by atomic mass is 16.5. The lowest BCUT2D eigenvalue weighted by atomic mass is 9.97. The zero-order valence-corrected chi connectivity index (χ0v) is 15.4. The Morgan fingerprint density at radius 2 is 1.88 bits per heavy atom. The van der Waals surface area contributed by atoms with Crippen molar-refractivity contribution < 1.29 is 19.1 Å². The van der Waals surface area contributed by atoms with Crippen LogP contribution in [0.3, 0.4) is 0 Å². The molecule has 1 aliphatic carbocycles. The van der Waals surface area contributed by atoms with Crippen LogP contribution in [-0.4, -0.2) is 42.9 Å². The summed E-state index contributed by atoms with van der Waals surface area (Å²) in [7, 11) is 1.32. The molecule has 6 nitrogen and oxygen atoms in total. The third-order valence-corrected chi connectivity index (χ3v) is 4.46. The molecule has 0 bridgehead atoms. The zero-order chi connectivity index (χ0) is 18.9. The topological polar surface area (TPSA) is 75.7 Å². The highest BCUT2D eigenvalue weighted by Crippen LogP contribution is 2.20. The second-order valence-corrected chi connectivity index (χ2v) is 6.42. The van der Waals surface area contributed by atoms with E-state index in [1.54, 1.807) is 29.2 Å². The Bertz CT molecular complexity index is 680. The molecular weight excluding hydrogens is 332 g/mol. The molecule has 0 aromatic heterocycles. The number of carbonyl (C=O) groups is 3. The third-order valence-electron chi connectivity index (χ3n) is 4.46. The smallest absolute Gasteiger partial charge is 0.337 e. The van der Waals surface area contributed by atoms with Gasteiger partial charge in [-0.05, 0) is 56.4 Å². The molecule has 0 saturated carbocycles. The highest BCUT2D eigenvalue weighted by Gasteiger charge is 2.15. The monoisotopic (exact) mass is 358 g/mol. The summed E-state index contributed by atoms with van der Waals surface area (Å²) in [5.74, 6) is -0.802. The lowest BCUT2D eigenvalue weighted by Gasteiger charge is -2.22.